The van der Waals surface area contributed by atoms with Gasteiger partial charge in [-0.2, -0.15) is 25.3 Å². The van der Waals surface area contributed by atoms with Crippen LogP contribution in [0.3, 0.4) is 0 Å². The molecule has 9 heteroatoms. The Bertz CT molecular complexity index is 1090. The fourth-order valence-electron chi connectivity index (χ4n) is 6.42. The topological polar surface area (TPSA) is 65.1 Å². The maximum atomic E-state index is 13.7. The van der Waals surface area contributed by atoms with Gasteiger partial charge < -0.3 is 5.32 Å². The Morgan fingerprint density at radius 3 is 2.61 bits per heavy atom. The molecule has 38 heavy (non-hydrogen) atoms. The number of amides is 2. The highest BCUT2D eigenvalue weighted by molar-refractivity contribution is 7.80. The van der Waals surface area contributed by atoms with E-state index in [1.54, 1.807) is 14.2 Å². The Kier molecular flexibility index (Phi) is 10.8. The molecule has 2 aliphatic heterocycles. The summed E-state index contributed by atoms with van der Waals surface area (Å²) < 4.78 is 0. The Balaban J connectivity index is 1.48. The highest BCUT2D eigenvalue weighted by Crippen LogP contribution is 2.48. The second-order valence-electron chi connectivity index (χ2n) is 10.5. The SMILES string of the molecule is CON(C)C(=O)C1C(c2ccc3ccccc3c2)CC2CCC1N2CCCN(CCS)CC(=O)NCCS. The average Bonchev–Trinajstić information content (AvgIpc) is 3.21. The van der Waals surface area contributed by atoms with Crippen molar-refractivity contribution in [2.24, 2.45) is 5.92 Å². The van der Waals surface area contributed by atoms with Crippen LogP contribution in [-0.4, -0.2) is 97.1 Å². The lowest BCUT2D eigenvalue weighted by Crippen LogP contribution is -2.53. The fourth-order valence-corrected chi connectivity index (χ4v) is 6.82. The van der Waals surface area contributed by atoms with Crippen molar-refractivity contribution < 1.29 is 14.4 Å². The van der Waals surface area contributed by atoms with Gasteiger partial charge in [-0.15, -0.1) is 0 Å². The van der Waals surface area contributed by atoms with Gasteiger partial charge in [-0.1, -0.05) is 42.5 Å². The maximum Gasteiger partial charge on any atom is 0.251 e. The molecule has 2 aromatic carbocycles. The third kappa shape index (κ3) is 6.86. The van der Waals surface area contributed by atoms with Gasteiger partial charge in [-0.05, 0) is 61.0 Å². The van der Waals surface area contributed by atoms with Crippen molar-refractivity contribution in [2.75, 3.05) is 58.4 Å². The van der Waals surface area contributed by atoms with Crippen molar-refractivity contribution in [3.8, 4) is 0 Å². The number of hydrogen-bond acceptors (Lipinski definition) is 7. The second-order valence-corrected chi connectivity index (χ2v) is 11.4. The number of benzene rings is 2. The number of hydroxylamine groups is 2. The van der Waals surface area contributed by atoms with E-state index < -0.39 is 0 Å². The summed E-state index contributed by atoms with van der Waals surface area (Å²) in [6, 6.07) is 15.7. The molecule has 0 saturated carbocycles. The van der Waals surface area contributed by atoms with Crippen LogP contribution in [0, 0.1) is 5.92 Å². The first kappa shape index (κ1) is 29.2. The molecule has 208 valence electrons. The Hall–Kier alpha value is -1.78. The summed E-state index contributed by atoms with van der Waals surface area (Å²) >= 11 is 8.56. The minimum Gasteiger partial charge on any atom is -0.354 e. The van der Waals surface area contributed by atoms with Crippen LogP contribution in [0.5, 0.6) is 0 Å². The van der Waals surface area contributed by atoms with E-state index in [-0.39, 0.29) is 29.7 Å². The van der Waals surface area contributed by atoms with Crippen LogP contribution < -0.4 is 5.32 Å². The van der Waals surface area contributed by atoms with Crippen LogP contribution in [-0.2, 0) is 14.4 Å². The van der Waals surface area contributed by atoms with Crippen molar-refractivity contribution in [2.45, 2.75) is 43.7 Å². The van der Waals surface area contributed by atoms with Gasteiger partial charge in [0.15, 0.2) is 0 Å². The lowest BCUT2D eigenvalue weighted by atomic mass is 9.75. The summed E-state index contributed by atoms with van der Waals surface area (Å²) in [4.78, 5) is 36.1. The molecule has 4 rings (SSSR count). The molecule has 2 heterocycles. The molecule has 2 amide bonds. The van der Waals surface area contributed by atoms with E-state index in [1.165, 1.54) is 21.4 Å². The third-order valence-electron chi connectivity index (χ3n) is 8.24. The van der Waals surface area contributed by atoms with Gasteiger partial charge in [-0.25, -0.2) is 5.06 Å². The van der Waals surface area contributed by atoms with Crippen molar-refractivity contribution in [1.82, 2.24) is 20.2 Å². The first-order valence-electron chi connectivity index (χ1n) is 13.7. The van der Waals surface area contributed by atoms with Gasteiger partial charge >= 0.3 is 0 Å². The quantitative estimate of drug-likeness (QED) is 0.260. The van der Waals surface area contributed by atoms with Crippen LogP contribution in [0.4, 0.5) is 0 Å². The fraction of sp³-hybridized carbons (Fsp3) is 0.586. The predicted molar refractivity (Wildman–Crippen MR) is 160 cm³/mol. The summed E-state index contributed by atoms with van der Waals surface area (Å²) in [7, 11) is 3.28. The molecular formula is C29H42N4O3S2. The standard InChI is InChI=1S/C29H42N4O3S2/c1-31(36-2)29(35)28-25(23-9-8-21-6-3-4-7-22(21)18-23)19-24-10-11-26(28)33(24)14-5-13-32(15-17-38)20-27(34)30-12-16-37/h3-4,6-9,18,24-26,28,37-38H,5,10-17,19-20H2,1-2H3,(H,30,34). The van der Waals surface area contributed by atoms with Crippen LogP contribution in [0.1, 0.15) is 37.2 Å². The predicted octanol–water partition coefficient (Wildman–Crippen LogP) is 3.46. The zero-order valence-electron chi connectivity index (χ0n) is 22.6. The molecule has 7 nitrogen and oxygen atoms in total. The van der Waals surface area contributed by atoms with E-state index >= 15 is 0 Å². The van der Waals surface area contributed by atoms with Crippen molar-refractivity contribution in [1.29, 1.82) is 0 Å². The van der Waals surface area contributed by atoms with Crippen LogP contribution in [0.25, 0.3) is 10.8 Å². The largest absolute Gasteiger partial charge is 0.354 e. The van der Waals surface area contributed by atoms with E-state index in [4.69, 9.17) is 4.84 Å². The Labute approximate surface area is 238 Å². The van der Waals surface area contributed by atoms with Gasteiger partial charge in [0.2, 0.25) is 5.91 Å². The first-order chi connectivity index (χ1) is 18.5. The van der Waals surface area contributed by atoms with E-state index in [1.807, 2.05) is 0 Å². The molecule has 1 N–H and O–H groups in total. The van der Waals surface area contributed by atoms with Crippen molar-refractivity contribution in [3.05, 3.63) is 48.0 Å². The van der Waals surface area contributed by atoms with Gasteiger partial charge in [0.1, 0.15) is 0 Å². The highest BCUT2D eigenvalue weighted by atomic mass is 32.1. The smallest absolute Gasteiger partial charge is 0.251 e. The van der Waals surface area contributed by atoms with Gasteiger partial charge in [0.05, 0.1) is 19.6 Å². The minimum absolute atomic E-state index is 0.0327. The third-order valence-corrected chi connectivity index (χ3v) is 8.67. The molecule has 2 fully saturated rings. The Morgan fingerprint density at radius 2 is 1.87 bits per heavy atom. The molecule has 4 atom stereocenters. The number of carbonyl (C=O) groups excluding carboxylic acids is 2. The molecule has 2 aliphatic rings. The molecule has 0 aromatic heterocycles. The van der Waals surface area contributed by atoms with Crippen LogP contribution >= 0.6 is 25.3 Å². The summed E-state index contributed by atoms with van der Waals surface area (Å²) in [6.45, 7) is 3.48. The Morgan fingerprint density at radius 1 is 1.08 bits per heavy atom. The lowest BCUT2D eigenvalue weighted by Gasteiger charge is -2.45. The van der Waals surface area contributed by atoms with E-state index in [0.29, 0.717) is 30.6 Å². The number of nitrogens with one attached hydrogen (secondary N) is 1. The zero-order chi connectivity index (χ0) is 27.1. The normalized spacial score (nSPS) is 23.2. The molecule has 2 aromatic rings. The summed E-state index contributed by atoms with van der Waals surface area (Å²) in [5, 5.41) is 6.75. The highest BCUT2D eigenvalue weighted by Gasteiger charge is 2.51. The minimum atomic E-state index is -0.152. The first-order valence-corrected chi connectivity index (χ1v) is 15.0. The van der Waals surface area contributed by atoms with Crippen molar-refractivity contribution in [3.63, 3.8) is 0 Å². The average molecular weight is 559 g/mol. The molecule has 2 bridgehead atoms. The zero-order valence-corrected chi connectivity index (χ0v) is 24.4. The van der Waals surface area contributed by atoms with Gasteiger partial charge in [0.25, 0.3) is 5.91 Å². The van der Waals surface area contributed by atoms with E-state index in [9.17, 15) is 9.59 Å². The number of fused-ring (bicyclic) bond motifs is 3. The maximum absolute atomic E-state index is 13.7. The number of carbonyl (C=O) groups is 2. The molecule has 4 unspecified atom stereocenters. The van der Waals surface area contributed by atoms with Crippen LogP contribution in [0.15, 0.2) is 42.5 Å². The summed E-state index contributed by atoms with van der Waals surface area (Å²) in [5.41, 5.74) is 1.25. The number of rotatable bonds is 13. The summed E-state index contributed by atoms with van der Waals surface area (Å²) in [5.74, 6) is 1.44. The second kappa shape index (κ2) is 14.0. The monoisotopic (exact) mass is 558 g/mol. The van der Waals surface area contributed by atoms with E-state index in [0.717, 1.165) is 45.3 Å². The van der Waals surface area contributed by atoms with Crippen LogP contribution in [0.2, 0.25) is 0 Å². The number of thiol groups is 2. The summed E-state index contributed by atoms with van der Waals surface area (Å²) in [6.07, 6.45) is 4.05. The molecule has 0 aliphatic carbocycles. The molecule has 0 spiro atoms. The molecular weight excluding hydrogens is 516 g/mol. The van der Waals surface area contributed by atoms with Crippen molar-refractivity contribution >= 4 is 47.8 Å². The van der Waals surface area contributed by atoms with E-state index in [2.05, 4.69) is 82.8 Å². The molecule has 0 radical (unpaired) electrons. The molecule has 2 saturated heterocycles. The van der Waals surface area contributed by atoms with Gasteiger partial charge in [-0.3, -0.25) is 24.2 Å². The number of piperidine rings is 1. The number of nitrogens with zero attached hydrogens (tertiary/aromatic N) is 3. The lowest BCUT2D eigenvalue weighted by molar-refractivity contribution is -0.178. The number of hydrogen-bond donors (Lipinski definition) is 3. The van der Waals surface area contributed by atoms with Gasteiger partial charge in [0, 0.05) is 43.7 Å².